The molecular weight excluding hydrogens is 252 g/mol. The average Bonchev–Trinajstić information content (AvgIpc) is 2.48. The number of aliphatic hydroxyl groups excluding tert-OH is 1. The summed E-state index contributed by atoms with van der Waals surface area (Å²) >= 11 is 0. The Hall–Kier alpha value is -2.64. The number of carbonyl (C=O) groups excluding carboxylic acids is 1. The van der Waals surface area contributed by atoms with Crippen LogP contribution in [0.4, 0.5) is 5.69 Å². The average molecular weight is 266 g/mol. The van der Waals surface area contributed by atoms with Gasteiger partial charge in [-0.05, 0) is 36.8 Å². The zero-order chi connectivity index (χ0) is 14.4. The van der Waals surface area contributed by atoms with E-state index in [9.17, 15) is 4.79 Å². The molecule has 20 heavy (non-hydrogen) atoms. The fraction of sp³-hybridized carbons (Fsp3) is 0.125. The van der Waals surface area contributed by atoms with Crippen LogP contribution in [0.3, 0.4) is 0 Å². The predicted molar refractivity (Wildman–Crippen MR) is 77.3 cm³/mol. The first kappa shape index (κ1) is 13.8. The molecule has 2 aromatic rings. The van der Waals surface area contributed by atoms with E-state index in [-0.39, 0.29) is 12.5 Å². The normalized spacial score (nSPS) is 9.50. The number of hydrogen-bond acceptors (Lipinski definition) is 3. The SMILES string of the molecule is Cc1ccc(NC(=O)c2ccccn2)c(C#CCO)c1. The van der Waals surface area contributed by atoms with E-state index in [1.54, 1.807) is 30.5 Å². The van der Waals surface area contributed by atoms with Gasteiger partial charge >= 0.3 is 0 Å². The molecule has 4 nitrogen and oxygen atoms in total. The van der Waals surface area contributed by atoms with Crippen LogP contribution in [0.15, 0.2) is 42.6 Å². The fourth-order valence-electron chi connectivity index (χ4n) is 1.69. The molecule has 1 amide bonds. The lowest BCUT2D eigenvalue weighted by Gasteiger charge is -2.08. The van der Waals surface area contributed by atoms with Crippen molar-refractivity contribution in [1.82, 2.24) is 4.98 Å². The number of aromatic nitrogens is 1. The Morgan fingerprint density at radius 3 is 2.90 bits per heavy atom. The van der Waals surface area contributed by atoms with E-state index in [4.69, 9.17) is 5.11 Å². The molecule has 1 aromatic carbocycles. The van der Waals surface area contributed by atoms with Crippen LogP contribution >= 0.6 is 0 Å². The zero-order valence-corrected chi connectivity index (χ0v) is 11.1. The number of nitrogens with one attached hydrogen (secondary N) is 1. The Labute approximate surface area is 117 Å². The topological polar surface area (TPSA) is 62.2 Å². The van der Waals surface area contributed by atoms with E-state index in [2.05, 4.69) is 22.1 Å². The fourth-order valence-corrected chi connectivity index (χ4v) is 1.69. The summed E-state index contributed by atoms with van der Waals surface area (Å²) in [4.78, 5) is 16.0. The summed E-state index contributed by atoms with van der Waals surface area (Å²) in [5, 5.41) is 11.6. The Balaban J connectivity index is 2.27. The zero-order valence-electron chi connectivity index (χ0n) is 11.1. The number of nitrogens with zero attached hydrogens (tertiary/aromatic N) is 1. The van der Waals surface area contributed by atoms with Crippen molar-refractivity contribution in [3.8, 4) is 11.8 Å². The highest BCUT2D eigenvalue weighted by atomic mass is 16.2. The van der Waals surface area contributed by atoms with Gasteiger partial charge in [0.1, 0.15) is 12.3 Å². The van der Waals surface area contributed by atoms with Crippen LogP contribution in [0.1, 0.15) is 21.6 Å². The smallest absolute Gasteiger partial charge is 0.274 e. The summed E-state index contributed by atoms with van der Waals surface area (Å²) in [6.45, 7) is 1.72. The summed E-state index contributed by atoms with van der Waals surface area (Å²) in [6, 6.07) is 10.7. The van der Waals surface area contributed by atoms with Crippen LogP contribution in [0, 0.1) is 18.8 Å². The largest absolute Gasteiger partial charge is 0.384 e. The Bertz CT molecular complexity index is 670. The molecule has 4 heteroatoms. The highest BCUT2D eigenvalue weighted by Crippen LogP contribution is 2.17. The molecule has 1 heterocycles. The van der Waals surface area contributed by atoms with E-state index in [1.807, 2.05) is 19.1 Å². The molecule has 1 aromatic heterocycles. The van der Waals surface area contributed by atoms with E-state index < -0.39 is 0 Å². The van der Waals surface area contributed by atoms with Crippen LogP contribution in [0.25, 0.3) is 0 Å². The number of aliphatic hydroxyl groups is 1. The maximum Gasteiger partial charge on any atom is 0.274 e. The summed E-state index contributed by atoms with van der Waals surface area (Å²) in [7, 11) is 0. The van der Waals surface area contributed by atoms with Gasteiger partial charge in [-0.25, -0.2) is 0 Å². The summed E-state index contributed by atoms with van der Waals surface area (Å²) in [5.74, 6) is 5.12. The second-order valence-corrected chi connectivity index (χ2v) is 4.18. The Morgan fingerprint density at radius 2 is 2.20 bits per heavy atom. The third-order valence-corrected chi connectivity index (χ3v) is 2.62. The van der Waals surface area contributed by atoms with Crippen molar-refractivity contribution in [3.05, 3.63) is 59.4 Å². The van der Waals surface area contributed by atoms with Gasteiger partial charge in [-0.1, -0.05) is 24.0 Å². The number of hydrogen-bond donors (Lipinski definition) is 2. The van der Waals surface area contributed by atoms with Crippen LogP contribution in [-0.4, -0.2) is 22.6 Å². The van der Waals surface area contributed by atoms with Crippen molar-refractivity contribution >= 4 is 11.6 Å². The van der Waals surface area contributed by atoms with Crippen molar-refractivity contribution in [2.45, 2.75) is 6.92 Å². The van der Waals surface area contributed by atoms with Gasteiger partial charge in [0, 0.05) is 11.8 Å². The molecule has 0 aliphatic heterocycles. The molecule has 0 saturated carbocycles. The second kappa shape index (κ2) is 6.50. The molecule has 0 saturated heterocycles. The molecule has 0 aliphatic carbocycles. The quantitative estimate of drug-likeness (QED) is 0.817. The minimum Gasteiger partial charge on any atom is -0.384 e. The molecule has 2 rings (SSSR count). The Kier molecular flexibility index (Phi) is 4.48. The third-order valence-electron chi connectivity index (χ3n) is 2.62. The van der Waals surface area contributed by atoms with Gasteiger partial charge in [-0.3, -0.25) is 9.78 Å². The van der Waals surface area contributed by atoms with E-state index >= 15 is 0 Å². The molecule has 100 valence electrons. The molecular formula is C16H14N2O2. The van der Waals surface area contributed by atoms with E-state index in [0.717, 1.165) is 5.56 Å². The summed E-state index contributed by atoms with van der Waals surface area (Å²) < 4.78 is 0. The second-order valence-electron chi connectivity index (χ2n) is 4.18. The maximum atomic E-state index is 12.1. The lowest BCUT2D eigenvalue weighted by atomic mass is 10.1. The number of amides is 1. The first-order chi connectivity index (χ1) is 9.70. The molecule has 0 fully saturated rings. The van der Waals surface area contributed by atoms with E-state index in [1.165, 1.54) is 0 Å². The maximum absolute atomic E-state index is 12.1. The van der Waals surface area contributed by atoms with E-state index in [0.29, 0.717) is 16.9 Å². The number of benzene rings is 1. The van der Waals surface area contributed by atoms with Gasteiger partial charge < -0.3 is 10.4 Å². The summed E-state index contributed by atoms with van der Waals surface area (Å²) in [5.41, 5.74) is 2.65. The van der Waals surface area contributed by atoms with Crippen LogP contribution in [0.5, 0.6) is 0 Å². The van der Waals surface area contributed by atoms with Gasteiger partial charge in [0.05, 0.1) is 5.69 Å². The molecule has 0 atom stereocenters. The minimum absolute atomic E-state index is 0.221. The lowest BCUT2D eigenvalue weighted by molar-refractivity contribution is 0.102. The molecule has 0 aliphatic rings. The first-order valence-corrected chi connectivity index (χ1v) is 6.13. The molecule has 0 bridgehead atoms. The van der Waals surface area contributed by atoms with Gasteiger partial charge in [-0.2, -0.15) is 0 Å². The Morgan fingerprint density at radius 1 is 1.35 bits per heavy atom. The van der Waals surface area contributed by atoms with Crippen LogP contribution < -0.4 is 5.32 Å². The van der Waals surface area contributed by atoms with Crippen LogP contribution in [-0.2, 0) is 0 Å². The number of carbonyl (C=O) groups is 1. The van der Waals surface area contributed by atoms with Gasteiger partial charge in [0.2, 0.25) is 0 Å². The van der Waals surface area contributed by atoms with Crippen molar-refractivity contribution in [1.29, 1.82) is 0 Å². The number of anilines is 1. The van der Waals surface area contributed by atoms with Gasteiger partial charge in [0.25, 0.3) is 5.91 Å². The molecule has 0 unspecified atom stereocenters. The molecule has 0 spiro atoms. The van der Waals surface area contributed by atoms with Crippen LogP contribution in [0.2, 0.25) is 0 Å². The number of rotatable bonds is 2. The van der Waals surface area contributed by atoms with Crippen molar-refractivity contribution in [2.75, 3.05) is 11.9 Å². The van der Waals surface area contributed by atoms with Gasteiger partial charge in [0.15, 0.2) is 0 Å². The standard InChI is InChI=1S/C16H14N2O2/c1-12-7-8-14(13(11-12)5-4-10-19)18-16(20)15-6-2-3-9-17-15/h2-3,6-9,11,19H,10H2,1H3,(H,18,20). The van der Waals surface area contributed by atoms with Crippen molar-refractivity contribution in [2.24, 2.45) is 0 Å². The highest BCUT2D eigenvalue weighted by molar-refractivity contribution is 6.03. The number of pyridine rings is 1. The predicted octanol–water partition coefficient (Wildman–Crippen LogP) is 1.99. The summed E-state index contributed by atoms with van der Waals surface area (Å²) in [6.07, 6.45) is 1.57. The van der Waals surface area contributed by atoms with Crippen molar-refractivity contribution < 1.29 is 9.90 Å². The third kappa shape index (κ3) is 3.44. The highest BCUT2D eigenvalue weighted by Gasteiger charge is 2.09. The minimum atomic E-state index is -0.290. The van der Waals surface area contributed by atoms with Crippen molar-refractivity contribution in [3.63, 3.8) is 0 Å². The van der Waals surface area contributed by atoms with Gasteiger partial charge in [-0.15, -0.1) is 0 Å². The monoisotopic (exact) mass is 266 g/mol. The first-order valence-electron chi connectivity index (χ1n) is 6.13. The molecule has 2 N–H and O–H groups in total. The number of aryl methyl sites for hydroxylation is 1. The lowest BCUT2D eigenvalue weighted by Crippen LogP contribution is -2.14. The molecule has 0 radical (unpaired) electrons.